The molecule has 0 spiro atoms. The van der Waals surface area contributed by atoms with E-state index in [4.69, 9.17) is 10.5 Å². The monoisotopic (exact) mass is 257 g/mol. The molecule has 4 heteroatoms. The largest absolute Gasteiger partial charge is 0.496 e. The van der Waals surface area contributed by atoms with Crippen molar-refractivity contribution in [1.82, 2.24) is 10.2 Å². The van der Waals surface area contributed by atoms with Crippen LogP contribution in [0.15, 0.2) is 18.2 Å². The lowest BCUT2D eigenvalue weighted by Crippen LogP contribution is -1.96. The van der Waals surface area contributed by atoms with Crippen LogP contribution in [0.4, 0.5) is 5.82 Å². The number of H-pyrrole nitrogens is 1. The smallest absolute Gasteiger partial charge is 0.153 e. The molecule has 1 aliphatic rings. The summed E-state index contributed by atoms with van der Waals surface area (Å²) < 4.78 is 5.46. The van der Waals surface area contributed by atoms with E-state index in [1.165, 1.54) is 18.4 Å². The molecule has 100 valence electrons. The van der Waals surface area contributed by atoms with Crippen LogP contribution in [0.1, 0.15) is 24.1 Å². The molecule has 0 aliphatic heterocycles. The molecule has 19 heavy (non-hydrogen) atoms. The van der Waals surface area contributed by atoms with Crippen molar-refractivity contribution in [1.29, 1.82) is 0 Å². The molecule has 0 radical (unpaired) electrons. The van der Waals surface area contributed by atoms with Crippen LogP contribution >= 0.6 is 0 Å². The first-order valence-electron chi connectivity index (χ1n) is 6.66. The van der Waals surface area contributed by atoms with Gasteiger partial charge < -0.3 is 10.5 Å². The van der Waals surface area contributed by atoms with Crippen molar-refractivity contribution < 1.29 is 4.74 Å². The van der Waals surface area contributed by atoms with Gasteiger partial charge >= 0.3 is 0 Å². The molecule has 0 amide bonds. The molecule has 2 aromatic rings. The second-order valence-corrected chi connectivity index (χ2v) is 5.31. The van der Waals surface area contributed by atoms with Gasteiger partial charge in [-0.25, -0.2) is 0 Å². The normalized spacial score (nSPS) is 14.6. The molecule has 4 nitrogen and oxygen atoms in total. The maximum atomic E-state index is 6.05. The number of rotatable bonds is 4. The number of nitrogen functional groups attached to an aromatic ring is 1. The Morgan fingerprint density at radius 1 is 1.42 bits per heavy atom. The van der Waals surface area contributed by atoms with E-state index in [0.29, 0.717) is 5.82 Å². The number of aromatic amines is 1. The van der Waals surface area contributed by atoms with Gasteiger partial charge in [0.1, 0.15) is 5.75 Å². The quantitative estimate of drug-likeness (QED) is 0.885. The van der Waals surface area contributed by atoms with Crippen molar-refractivity contribution >= 4 is 5.82 Å². The summed E-state index contributed by atoms with van der Waals surface area (Å²) in [4.78, 5) is 0. The molecule has 3 N–H and O–H groups in total. The lowest BCUT2D eigenvalue weighted by atomic mass is 9.99. The van der Waals surface area contributed by atoms with E-state index in [2.05, 4.69) is 23.2 Å². The number of hydrogen-bond donors (Lipinski definition) is 2. The van der Waals surface area contributed by atoms with E-state index in [1.54, 1.807) is 7.11 Å². The fourth-order valence-corrected chi connectivity index (χ4v) is 2.47. The van der Waals surface area contributed by atoms with Crippen LogP contribution in [0.2, 0.25) is 0 Å². The van der Waals surface area contributed by atoms with Gasteiger partial charge in [-0.05, 0) is 44.2 Å². The van der Waals surface area contributed by atoms with Crippen LogP contribution in [0, 0.1) is 12.8 Å². The Labute approximate surface area is 113 Å². The number of nitrogens with two attached hydrogens (primary N) is 1. The molecular weight excluding hydrogens is 238 g/mol. The van der Waals surface area contributed by atoms with Crippen molar-refractivity contribution in [3.8, 4) is 16.9 Å². The predicted octanol–water partition coefficient (Wildman–Crippen LogP) is 2.93. The van der Waals surface area contributed by atoms with Crippen molar-refractivity contribution in [3.05, 3.63) is 29.5 Å². The molecule has 0 unspecified atom stereocenters. The fourth-order valence-electron chi connectivity index (χ4n) is 2.47. The average molecular weight is 257 g/mol. The van der Waals surface area contributed by atoms with Gasteiger partial charge in [-0.3, -0.25) is 5.10 Å². The molecule has 1 aromatic carbocycles. The van der Waals surface area contributed by atoms with E-state index in [0.717, 1.165) is 34.9 Å². The van der Waals surface area contributed by atoms with Crippen LogP contribution < -0.4 is 10.5 Å². The lowest BCUT2D eigenvalue weighted by molar-refractivity contribution is 0.416. The highest BCUT2D eigenvalue weighted by atomic mass is 16.5. The van der Waals surface area contributed by atoms with E-state index in [-0.39, 0.29) is 0 Å². The molecule has 0 saturated heterocycles. The zero-order chi connectivity index (χ0) is 13.4. The first-order valence-corrected chi connectivity index (χ1v) is 6.66. The highest BCUT2D eigenvalue weighted by Gasteiger charge is 2.26. The second kappa shape index (κ2) is 4.61. The second-order valence-electron chi connectivity index (χ2n) is 5.31. The molecule has 1 aromatic heterocycles. The SMILES string of the molecule is COc1ccc(C)cc1-c1c(N)n[nH]c1CC1CC1. The zero-order valence-electron chi connectivity index (χ0n) is 11.4. The van der Waals surface area contributed by atoms with Crippen molar-refractivity contribution in [2.24, 2.45) is 5.92 Å². The first-order chi connectivity index (χ1) is 9.19. The Bertz CT molecular complexity index is 599. The van der Waals surface area contributed by atoms with Crippen molar-refractivity contribution in [2.75, 3.05) is 12.8 Å². The highest BCUT2D eigenvalue weighted by molar-refractivity contribution is 5.81. The summed E-state index contributed by atoms with van der Waals surface area (Å²) >= 11 is 0. The van der Waals surface area contributed by atoms with Crippen LogP contribution in [-0.2, 0) is 6.42 Å². The highest BCUT2D eigenvalue weighted by Crippen LogP contribution is 2.40. The van der Waals surface area contributed by atoms with Gasteiger partial charge in [-0.15, -0.1) is 0 Å². The molecular formula is C15H19N3O. The summed E-state index contributed by atoms with van der Waals surface area (Å²) in [6.07, 6.45) is 3.64. The van der Waals surface area contributed by atoms with Gasteiger partial charge in [0.05, 0.1) is 12.7 Å². The van der Waals surface area contributed by atoms with Gasteiger partial charge in [0.25, 0.3) is 0 Å². The van der Waals surface area contributed by atoms with E-state index in [1.807, 2.05) is 12.1 Å². The summed E-state index contributed by atoms with van der Waals surface area (Å²) in [6, 6.07) is 6.13. The number of methoxy groups -OCH3 is 1. The van der Waals surface area contributed by atoms with Crippen molar-refractivity contribution in [3.63, 3.8) is 0 Å². The predicted molar refractivity (Wildman–Crippen MR) is 76.2 cm³/mol. The lowest BCUT2D eigenvalue weighted by Gasteiger charge is -2.10. The maximum absolute atomic E-state index is 6.05. The number of aromatic nitrogens is 2. The number of nitrogens with one attached hydrogen (secondary N) is 1. The minimum atomic E-state index is 0.555. The summed E-state index contributed by atoms with van der Waals surface area (Å²) in [6.45, 7) is 2.07. The number of ether oxygens (including phenoxy) is 1. The van der Waals surface area contributed by atoms with Crippen molar-refractivity contribution in [2.45, 2.75) is 26.2 Å². The summed E-state index contributed by atoms with van der Waals surface area (Å²) in [5.41, 5.74) is 10.4. The van der Waals surface area contributed by atoms with Gasteiger partial charge in [0.15, 0.2) is 5.82 Å². The standard InChI is InChI=1S/C15H19N3O/c1-9-3-6-13(19-2)11(7-9)14-12(8-10-4-5-10)17-18-15(14)16/h3,6-7,10H,4-5,8H2,1-2H3,(H3,16,17,18). The molecule has 0 atom stereocenters. The number of anilines is 1. The number of aryl methyl sites for hydroxylation is 1. The average Bonchev–Trinajstić information content (AvgIpc) is 3.13. The molecule has 1 aliphatic carbocycles. The molecule has 3 rings (SSSR count). The van der Waals surface area contributed by atoms with Gasteiger partial charge in [-0.1, -0.05) is 11.6 Å². The summed E-state index contributed by atoms with van der Waals surface area (Å²) in [5, 5.41) is 7.26. The third-order valence-electron chi connectivity index (χ3n) is 3.68. The van der Waals surface area contributed by atoms with Gasteiger partial charge in [-0.2, -0.15) is 5.10 Å². The van der Waals surface area contributed by atoms with E-state index >= 15 is 0 Å². The number of nitrogens with zero attached hydrogens (tertiary/aromatic N) is 1. The maximum Gasteiger partial charge on any atom is 0.153 e. The van der Waals surface area contributed by atoms with Crippen LogP contribution in [0.25, 0.3) is 11.1 Å². The molecule has 1 heterocycles. The Balaban J connectivity index is 2.09. The molecule has 1 saturated carbocycles. The summed E-state index contributed by atoms with van der Waals surface area (Å²) in [7, 11) is 1.69. The van der Waals surface area contributed by atoms with Crippen LogP contribution in [0.3, 0.4) is 0 Å². The third kappa shape index (κ3) is 2.30. The van der Waals surface area contributed by atoms with Crippen LogP contribution in [0.5, 0.6) is 5.75 Å². The van der Waals surface area contributed by atoms with Gasteiger partial charge in [0.2, 0.25) is 0 Å². The Hall–Kier alpha value is -1.97. The number of benzene rings is 1. The minimum absolute atomic E-state index is 0.555. The third-order valence-corrected chi connectivity index (χ3v) is 3.68. The van der Waals surface area contributed by atoms with Gasteiger partial charge in [0, 0.05) is 11.3 Å². The topological polar surface area (TPSA) is 63.9 Å². The fraction of sp³-hybridized carbons (Fsp3) is 0.400. The Morgan fingerprint density at radius 2 is 2.21 bits per heavy atom. The van der Waals surface area contributed by atoms with E-state index < -0.39 is 0 Å². The molecule has 0 bridgehead atoms. The van der Waals surface area contributed by atoms with E-state index in [9.17, 15) is 0 Å². The zero-order valence-corrected chi connectivity index (χ0v) is 11.4. The number of hydrogen-bond acceptors (Lipinski definition) is 3. The summed E-state index contributed by atoms with van der Waals surface area (Å²) in [5.74, 6) is 2.18. The molecule has 1 fully saturated rings. The first kappa shape index (κ1) is 12.1. The minimum Gasteiger partial charge on any atom is -0.496 e. The Kier molecular flexibility index (Phi) is 2.93. The van der Waals surface area contributed by atoms with Crippen LogP contribution in [-0.4, -0.2) is 17.3 Å². The Morgan fingerprint density at radius 3 is 2.89 bits per heavy atom.